The molecule has 0 aliphatic carbocycles. The second-order valence-corrected chi connectivity index (χ2v) is 7.29. The molecule has 0 spiro atoms. The number of amides is 2. The monoisotopic (exact) mass is 393 g/mol. The summed E-state index contributed by atoms with van der Waals surface area (Å²) < 4.78 is 1.79. The molecule has 8 heteroatoms. The molecule has 2 amide bonds. The van der Waals surface area contributed by atoms with Gasteiger partial charge >= 0.3 is 0 Å². The number of nitrogens with zero attached hydrogens (tertiary/aromatic N) is 2. The molecule has 0 saturated carbocycles. The van der Waals surface area contributed by atoms with E-state index in [2.05, 4.69) is 21.7 Å². The fourth-order valence-electron chi connectivity index (χ4n) is 2.76. The van der Waals surface area contributed by atoms with Crippen LogP contribution in [0.25, 0.3) is 11.3 Å². The van der Waals surface area contributed by atoms with Gasteiger partial charge in [0.15, 0.2) is 5.13 Å². The maximum atomic E-state index is 12.6. The zero-order chi connectivity index (χ0) is 20.1. The fourth-order valence-corrected chi connectivity index (χ4v) is 3.49. The van der Waals surface area contributed by atoms with Crippen LogP contribution in [0.15, 0.2) is 48.1 Å². The van der Waals surface area contributed by atoms with Gasteiger partial charge in [-0.05, 0) is 31.7 Å². The van der Waals surface area contributed by atoms with E-state index in [1.807, 2.05) is 51.7 Å². The van der Waals surface area contributed by atoms with Gasteiger partial charge in [0.2, 0.25) is 13.3 Å². The van der Waals surface area contributed by atoms with E-state index in [1.54, 1.807) is 22.9 Å². The number of aromatic nitrogens is 2. The Morgan fingerprint density at radius 2 is 2.14 bits per heavy atom. The Bertz CT molecular complexity index is 982. The lowest BCUT2D eigenvalue weighted by atomic mass is 10.0. The van der Waals surface area contributed by atoms with Crippen molar-refractivity contribution in [1.82, 2.24) is 14.8 Å². The SMILES string of the molecule is C[B]n1ccc(C(=O)NC(CC)C(=O)Nc2nc(-c3cccc(C)c3)cs2)c1. The average molecular weight is 393 g/mol. The third-order valence-corrected chi connectivity index (χ3v) is 5.11. The topological polar surface area (TPSA) is 76.0 Å². The van der Waals surface area contributed by atoms with Crippen molar-refractivity contribution in [2.45, 2.75) is 33.1 Å². The minimum atomic E-state index is -0.632. The largest absolute Gasteiger partial charge is 0.402 e. The van der Waals surface area contributed by atoms with Crippen LogP contribution in [-0.2, 0) is 4.79 Å². The molecule has 1 unspecified atom stereocenters. The van der Waals surface area contributed by atoms with Crippen LogP contribution < -0.4 is 10.6 Å². The fraction of sp³-hybridized carbons (Fsp3) is 0.250. The highest BCUT2D eigenvalue weighted by Crippen LogP contribution is 2.25. The number of carbonyl (C=O) groups is 2. The maximum absolute atomic E-state index is 12.6. The summed E-state index contributed by atoms with van der Waals surface area (Å²) in [6.45, 7) is 5.76. The Morgan fingerprint density at radius 3 is 2.82 bits per heavy atom. The highest BCUT2D eigenvalue weighted by atomic mass is 32.1. The minimum Gasteiger partial charge on any atom is -0.402 e. The van der Waals surface area contributed by atoms with E-state index in [9.17, 15) is 9.59 Å². The Morgan fingerprint density at radius 1 is 1.32 bits per heavy atom. The van der Waals surface area contributed by atoms with Crippen LogP contribution in [0.3, 0.4) is 0 Å². The summed E-state index contributed by atoms with van der Waals surface area (Å²) in [4.78, 5) is 29.5. The molecule has 28 heavy (non-hydrogen) atoms. The number of hydrogen-bond donors (Lipinski definition) is 2. The highest BCUT2D eigenvalue weighted by Gasteiger charge is 2.21. The van der Waals surface area contributed by atoms with E-state index in [0.717, 1.165) is 16.8 Å². The highest BCUT2D eigenvalue weighted by molar-refractivity contribution is 7.14. The molecule has 1 radical (unpaired) electrons. The van der Waals surface area contributed by atoms with Gasteiger partial charge in [0.25, 0.3) is 5.91 Å². The summed E-state index contributed by atoms with van der Waals surface area (Å²) >= 11 is 1.36. The van der Waals surface area contributed by atoms with E-state index in [0.29, 0.717) is 17.1 Å². The lowest BCUT2D eigenvalue weighted by Gasteiger charge is -2.15. The Hall–Kier alpha value is -2.87. The van der Waals surface area contributed by atoms with Crippen LogP contribution in [0.5, 0.6) is 0 Å². The zero-order valence-electron chi connectivity index (χ0n) is 16.1. The van der Waals surface area contributed by atoms with Gasteiger partial charge < -0.3 is 15.1 Å². The van der Waals surface area contributed by atoms with Crippen molar-refractivity contribution >= 4 is 35.7 Å². The molecule has 143 valence electrons. The molecule has 2 N–H and O–H groups in total. The first-order chi connectivity index (χ1) is 13.5. The van der Waals surface area contributed by atoms with Crippen LogP contribution in [0, 0.1) is 6.92 Å². The van der Waals surface area contributed by atoms with Crippen molar-refractivity contribution in [3.63, 3.8) is 0 Å². The number of aryl methyl sites for hydroxylation is 1. The molecule has 2 aromatic heterocycles. The van der Waals surface area contributed by atoms with Crippen molar-refractivity contribution in [2.75, 3.05) is 5.32 Å². The molecule has 3 aromatic rings. The van der Waals surface area contributed by atoms with Gasteiger partial charge in [-0.25, -0.2) is 4.98 Å². The van der Waals surface area contributed by atoms with Crippen molar-refractivity contribution in [1.29, 1.82) is 0 Å². The quantitative estimate of drug-likeness (QED) is 0.603. The summed E-state index contributed by atoms with van der Waals surface area (Å²) in [5, 5.41) is 8.02. The Balaban J connectivity index is 1.64. The third-order valence-electron chi connectivity index (χ3n) is 4.35. The first kappa shape index (κ1) is 19.9. The van der Waals surface area contributed by atoms with Gasteiger partial charge in [-0.2, -0.15) is 0 Å². The summed E-state index contributed by atoms with van der Waals surface area (Å²) in [5.74, 6) is -0.551. The first-order valence-electron chi connectivity index (χ1n) is 9.11. The Labute approximate surface area is 169 Å². The van der Waals surface area contributed by atoms with Crippen LogP contribution in [-0.4, -0.2) is 34.7 Å². The van der Waals surface area contributed by atoms with Gasteiger partial charge in [-0.15, -0.1) is 11.3 Å². The molecule has 1 aromatic carbocycles. The molecule has 1 atom stereocenters. The van der Waals surface area contributed by atoms with Gasteiger partial charge in [-0.1, -0.05) is 37.5 Å². The predicted octanol–water partition coefficient (Wildman–Crippen LogP) is 3.58. The normalized spacial score (nSPS) is 11.7. The molecule has 0 aliphatic heterocycles. The standard InChI is InChI=1S/C20H22BN4O2S/c1-4-16(22-18(26)15-8-9-25(11-15)21-3)19(27)24-20-23-17(12-28-20)14-7-5-6-13(2)10-14/h5-12,16H,4H2,1-3H3,(H,22,26)(H,23,24,27). The summed E-state index contributed by atoms with van der Waals surface area (Å²) in [6, 6.07) is 9.13. The van der Waals surface area contributed by atoms with Crippen molar-refractivity contribution in [3.05, 3.63) is 59.2 Å². The smallest absolute Gasteiger partial charge is 0.253 e. The lowest BCUT2D eigenvalue weighted by Crippen LogP contribution is -2.43. The summed E-state index contributed by atoms with van der Waals surface area (Å²) in [7, 11) is 1.84. The van der Waals surface area contributed by atoms with Gasteiger partial charge in [0.05, 0.1) is 11.3 Å². The number of nitrogens with one attached hydrogen (secondary N) is 2. The van der Waals surface area contributed by atoms with Crippen molar-refractivity contribution < 1.29 is 9.59 Å². The number of thiazole rings is 1. The molecular formula is C20H22BN4O2S. The lowest BCUT2D eigenvalue weighted by molar-refractivity contribution is -0.118. The molecule has 2 heterocycles. The summed E-state index contributed by atoms with van der Waals surface area (Å²) in [6.07, 6.45) is 3.99. The number of benzene rings is 1. The predicted molar refractivity (Wildman–Crippen MR) is 114 cm³/mol. The number of rotatable bonds is 7. The van der Waals surface area contributed by atoms with Crippen molar-refractivity contribution in [3.8, 4) is 11.3 Å². The molecule has 0 aliphatic rings. The van der Waals surface area contributed by atoms with Crippen LogP contribution in [0.1, 0.15) is 29.3 Å². The molecule has 0 saturated heterocycles. The van der Waals surface area contributed by atoms with Gasteiger partial charge in [0.1, 0.15) is 6.04 Å². The van der Waals surface area contributed by atoms with E-state index >= 15 is 0 Å². The van der Waals surface area contributed by atoms with E-state index in [-0.39, 0.29) is 11.8 Å². The molecule has 3 rings (SSSR count). The van der Waals surface area contributed by atoms with Crippen LogP contribution in [0.4, 0.5) is 5.13 Å². The number of hydrogen-bond acceptors (Lipinski definition) is 4. The Kier molecular flexibility index (Phi) is 6.31. The molecule has 0 fully saturated rings. The second-order valence-electron chi connectivity index (χ2n) is 6.44. The molecule has 6 nitrogen and oxygen atoms in total. The average Bonchev–Trinajstić information content (AvgIpc) is 3.35. The van der Waals surface area contributed by atoms with Crippen LogP contribution in [0.2, 0.25) is 6.82 Å². The first-order valence-corrected chi connectivity index (χ1v) is 9.99. The van der Waals surface area contributed by atoms with Gasteiger partial charge in [0, 0.05) is 17.1 Å². The van der Waals surface area contributed by atoms with E-state index in [1.165, 1.54) is 11.3 Å². The van der Waals surface area contributed by atoms with E-state index < -0.39 is 6.04 Å². The zero-order valence-corrected chi connectivity index (χ0v) is 16.9. The maximum Gasteiger partial charge on any atom is 0.253 e. The molecule has 0 bridgehead atoms. The molecular weight excluding hydrogens is 371 g/mol. The van der Waals surface area contributed by atoms with Crippen LogP contribution >= 0.6 is 11.3 Å². The van der Waals surface area contributed by atoms with Gasteiger partial charge in [-0.3, -0.25) is 9.59 Å². The van der Waals surface area contributed by atoms with Crippen molar-refractivity contribution in [2.24, 2.45) is 0 Å². The second kappa shape index (κ2) is 8.88. The number of carbonyl (C=O) groups excluding carboxylic acids is 2. The number of anilines is 1. The van der Waals surface area contributed by atoms with E-state index in [4.69, 9.17) is 0 Å². The minimum absolute atomic E-state index is 0.275. The summed E-state index contributed by atoms with van der Waals surface area (Å²) in [5.41, 5.74) is 3.49. The third kappa shape index (κ3) is 4.70.